The third-order valence-electron chi connectivity index (χ3n) is 7.50. The number of hydrogen-bond donors (Lipinski definition) is 5. The van der Waals surface area contributed by atoms with Crippen molar-refractivity contribution in [2.45, 2.75) is 57.7 Å². The molecular weight excluding hydrogens is 602 g/mol. The fraction of sp³-hybridized carbons (Fsp3) is 0.382. The van der Waals surface area contributed by atoms with Gasteiger partial charge in [0.05, 0.1) is 24.3 Å². The second kappa shape index (κ2) is 17.4. The first kappa shape index (κ1) is 34.5. The van der Waals surface area contributed by atoms with Gasteiger partial charge in [0.2, 0.25) is 23.6 Å². The first-order chi connectivity index (χ1) is 22.7. The van der Waals surface area contributed by atoms with Crippen molar-refractivity contribution in [3.8, 4) is 5.75 Å². The van der Waals surface area contributed by atoms with Gasteiger partial charge in [0.1, 0.15) is 23.9 Å². The van der Waals surface area contributed by atoms with E-state index < -0.39 is 48.2 Å². The highest BCUT2D eigenvalue weighted by Crippen LogP contribution is 2.19. The smallest absolute Gasteiger partial charge is 0.255 e. The quantitative estimate of drug-likeness (QED) is 0.254. The maximum absolute atomic E-state index is 13.5. The molecule has 0 saturated carbocycles. The molecule has 5 N–H and O–H groups in total. The lowest BCUT2D eigenvalue weighted by atomic mass is 10.0. The Morgan fingerprint density at radius 2 is 1.72 bits per heavy atom. The van der Waals surface area contributed by atoms with E-state index in [0.29, 0.717) is 18.5 Å². The molecule has 0 spiro atoms. The first-order valence-electron chi connectivity index (χ1n) is 15.7. The Kier molecular flexibility index (Phi) is 12.8. The van der Waals surface area contributed by atoms with Crippen LogP contribution < -0.4 is 31.3 Å². The molecule has 5 amide bonds. The van der Waals surface area contributed by atoms with Crippen LogP contribution >= 0.6 is 0 Å². The molecule has 2 aromatic carbocycles. The number of fused-ring (bicyclic) bond motifs is 1. The Balaban J connectivity index is 1.57. The van der Waals surface area contributed by atoms with Crippen molar-refractivity contribution < 1.29 is 28.7 Å². The standard InChI is InChI=1S/C34H41N7O6/c1-22(2)30-34(46)40-26(19-23-9-4-3-5-10-23)32(44)37-14-8-18-47-28-12-7-6-11-25(28)31(43)39-27(20-29(42)41-30)33(45)38-15-13-24-21-35-16-17-36-24/h3-7,9-12,16-17,21-22,26-27,30H,8,13-15,18-20H2,1-2H3,(H,37,44)(H,38,45)(H,39,43)(H,40,46)(H,41,42)/t26-,27-,30+/m0/s1. The maximum atomic E-state index is 13.5. The lowest BCUT2D eigenvalue weighted by Crippen LogP contribution is -2.57. The molecule has 0 radical (unpaired) electrons. The number of carbonyl (C=O) groups is 5. The van der Waals surface area contributed by atoms with E-state index in [2.05, 4.69) is 36.6 Å². The zero-order chi connectivity index (χ0) is 33.6. The SMILES string of the molecule is CC(C)[C@H]1NC(=O)C[C@@H](C(=O)NCCc2cnccn2)NC(=O)c2ccccc2OCCCNC(=O)[C@H](Cc2ccccc2)NC1=O. The Morgan fingerprint density at radius 3 is 2.47 bits per heavy atom. The van der Waals surface area contributed by atoms with Gasteiger partial charge in [-0.2, -0.15) is 0 Å². The Bertz CT molecular complexity index is 1520. The van der Waals surface area contributed by atoms with Crippen LogP contribution in [0.2, 0.25) is 0 Å². The molecule has 47 heavy (non-hydrogen) atoms. The van der Waals surface area contributed by atoms with Crippen LogP contribution in [-0.2, 0) is 32.0 Å². The fourth-order valence-corrected chi connectivity index (χ4v) is 4.98. The van der Waals surface area contributed by atoms with E-state index in [9.17, 15) is 24.0 Å². The highest BCUT2D eigenvalue weighted by Gasteiger charge is 2.31. The minimum absolute atomic E-state index is 0.178. The van der Waals surface area contributed by atoms with Crippen molar-refractivity contribution in [1.29, 1.82) is 0 Å². The molecule has 3 atom stereocenters. The number of benzene rings is 2. The number of ether oxygens (including phenoxy) is 1. The monoisotopic (exact) mass is 643 g/mol. The van der Waals surface area contributed by atoms with Gasteiger partial charge in [0.25, 0.3) is 5.91 Å². The minimum Gasteiger partial charge on any atom is -0.493 e. The summed E-state index contributed by atoms with van der Waals surface area (Å²) in [5.74, 6) is -2.83. The number of nitrogens with one attached hydrogen (secondary N) is 5. The van der Waals surface area contributed by atoms with Gasteiger partial charge in [0.15, 0.2) is 0 Å². The van der Waals surface area contributed by atoms with Gasteiger partial charge in [-0.1, -0.05) is 56.3 Å². The Labute approximate surface area is 273 Å². The van der Waals surface area contributed by atoms with Crippen LogP contribution in [-0.4, -0.2) is 77.3 Å². The summed E-state index contributed by atoms with van der Waals surface area (Å²) in [7, 11) is 0. The molecule has 1 aliphatic heterocycles. The summed E-state index contributed by atoms with van der Waals surface area (Å²) in [5, 5.41) is 13.8. The number of nitrogens with zero attached hydrogens (tertiary/aromatic N) is 2. The van der Waals surface area contributed by atoms with Crippen molar-refractivity contribution >= 4 is 29.5 Å². The molecule has 0 aliphatic carbocycles. The number of amides is 5. The number of carbonyl (C=O) groups excluding carboxylic acids is 5. The normalized spacial score (nSPS) is 19.9. The maximum Gasteiger partial charge on any atom is 0.255 e. The molecular formula is C34H41N7O6. The second-order valence-electron chi connectivity index (χ2n) is 11.5. The van der Waals surface area contributed by atoms with Crippen LogP contribution in [0.15, 0.2) is 73.2 Å². The van der Waals surface area contributed by atoms with Gasteiger partial charge >= 0.3 is 0 Å². The van der Waals surface area contributed by atoms with Crippen molar-refractivity contribution in [2.24, 2.45) is 5.92 Å². The zero-order valence-corrected chi connectivity index (χ0v) is 26.5. The predicted molar refractivity (Wildman–Crippen MR) is 173 cm³/mol. The minimum atomic E-state index is -1.27. The summed E-state index contributed by atoms with van der Waals surface area (Å²) in [4.78, 5) is 75.2. The summed E-state index contributed by atoms with van der Waals surface area (Å²) in [6.45, 7) is 4.16. The molecule has 13 heteroatoms. The third kappa shape index (κ3) is 10.6. The third-order valence-corrected chi connectivity index (χ3v) is 7.50. The summed E-state index contributed by atoms with van der Waals surface area (Å²) >= 11 is 0. The Hall–Kier alpha value is -5.33. The molecule has 248 valence electrons. The fourth-order valence-electron chi connectivity index (χ4n) is 4.98. The molecule has 0 unspecified atom stereocenters. The molecule has 0 fully saturated rings. The predicted octanol–water partition coefficient (Wildman–Crippen LogP) is 1.09. The van der Waals surface area contributed by atoms with E-state index in [1.165, 1.54) is 0 Å². The van der Waals surface area contributed by atoms with Gasteiger partial charge in [-0.05, 0) is 30.0 Å². The van der Waals surface area contributed by atoms with Gasteiger partial charge < -0.3 is 31.3 Å². The van der Waals surface area contributed by atoms with E-state index in [1.807, 2.05) is 30.3 Å². The summed E-state index contributed by atoms with van der Waals surface area (Å²) < 4.78 is 5.87. The highest BCUT2D eigenvalue weighted by molar-refractivity contribution is 6.01. The molecule has 1 aliphatic rings. The van der Waals surface area contributed by atoms with Crippen molar-refractivity contribution in [1.82, 2.24) is 36.6 Å². The van der Waals surface area contributed by atoms with Crippen LogP contribution in [0.4, 0.5) is 0 Å². The van der Waals surface area contributed by atoms with E-state index in [4.69, 9.17) is 4.74 Å². The Morgan fingerprint density at radius 1 is 0.957 bits per heavy atom. The van der Waals surface area contributed by atoms with E-state index in [0.717, 1.165) is 5.56 Å². The van der Waals surface area contributed by atoms with Crippen molar-refractivity contribution in [2.75, 3.05) is 19.7 Å². The number of aromatic nitrogens is 2. The molecule has 0 bridgehead atoms. The molecule has 4 rings (SSSR count). The summed E-state index contributed by atoms with van der Waals surface area (Å²) in [5.41, 5.74) is 1.69. The first-order valence-corrected chi connectivity index (χ1v) is 15.7. The van der Waals surface area contributed by atoms with Gasteiger partial charge in [-0.25, -0.2) is 0 Å². The summed E-state index contributed by atoms with van der Waals surface area (Å²) in [6, 6.07) is 12.7. The van der Waals surface area contributed by atoms with Crippen molar-refractivity contribution in [3.05, 3.63) is 90.0 Å². The molecule has 1 aromatic heterocycles. The number of rotatable bonds is 7. The summed E-state index contributed by atoms with van der Waals surface area (Å²) in [6.07, 6.45) is 5.28. The average molecular weight is 644 g/mol. The lowest BCUT2D eigenvalue weighted by Gasteiger charge is -2.26. The molecule has 2 heterocycles. The molecule has 0 saturated heterocycles. The van der Waals surface area contributed by atoms with E-state index in [1.54, 1.807) is 56.7 Å². The number of hydrogen-bond acceptors (Lipinski definition) is 8. The van der Waals surface area contributed by atoms with E-state index >= 15 is 0 Å². The molecule has 3 aromatic rings. The zero-order valence-electron chi connectivity index (χ0n) is 26.5. The van der Waals surface area contributed by atoms with Crippen LogP contribution in [0.3, 0.4) is 0 Å². The molecule has 13 nitrogen and oxygen atoms in total. The topological polar surface area (TPSA) is 181 Å². The highest BCUT2D eigenvalue weighted by atomic mass is 16.5. The van der Waals surface area contributed by atoms with Crippen LogP contribution in [0, 0.1) is 5.92 Å². The second-order valence-corrected chi connectivity index (χ2v) is 11.5. The van der Waals surface area contributed by atoms with Crippen LogP contribution in [0.25, 0.3) is 0 Å². The lowest BCUT2D eigenvalue weighted by molar-refractivity contribution is -0.133. The van der Waals surface area contributed by atoms with Crippen LogP contribution in [0.5, 0.6) is 5.75 Å². The van der Waals surface area contributed by atoms with Gasteiger partial charge in [-0.15, -0.1) is 0 Å². The average Bonchev–Trinajstić information content (AvgIpc) is 3.06. The van der Waals surface area contributed by atoms with Crippen LogP contribution in [0.1, 0.15) is 48.3 Å². The van der Waals surface area contributed by atoms with E-state index in [-0.39, 0.29) is 49.3 Å². The van der Waals surface area contributed by atoms with Gasteiger partial charge in [-0.3, -0.25) is 33.9 Å². The number of para-hydroxylation sites is 1. The largest absolute Gasteiger partial charge is 0.493 e. The van der Waals surface area contributed by atoms with Crippen molar-refractivity contribution in [3.63, 3.8) is 0 Å². The van der Waals surface area contributed by atoms with Gasteiger partial charge in [0, 0.05) is 44.5 Å².